The molecule has 0 aromatic heterocycles. The minimum atomic E-state index is -1.06. The Hall–Kier alpha value is -3.63. The summed E-state index contributed by atoms with van der Waals surface area (Å²) in [7, 11) is 0. The van der Waals surface area contributed by atoms with Crippen LogP contribution in [0.1, 0.15) is 22.2 Å². The van der Waals surface area contributed by atoms with Crippen LogP contribution in [0.4, 0.5) is 5.69 Å². The highest BCUT2D eigenvalue weighted by molar-refractivity contribution is 6.02. The van der Waals surface area contributed by atoms with Crippen molar-refractivity contribution in [2.24, 2.45) is 0 Å². The second-order valence-electron chi connectivity index (χ2n) is 6.68. The fourth-order valence-corrected chi connectivity index (χ4v) is 3.24. The molecule has 29 heavy (non-hydrogen) atoms. The molecule has 0 aliphatic heterocycles. The molecule has 4 aromatic rings. The molecule has 0 saturated heterocycles. The van der Waals surface area contributed by atoms with E-state index < -0.39 is 6.29 Å². The van der Waals surface area contributed by atoms with Gasteiger partial charge in [-0.05, 0) is 12.1 Å². The normalized spacial score (nSPS) is 11.8. The Morgan fingerprint density at radius 1 is 0.793 bits per heavy atom. The van der Waals surface area contributed by atoms with Crippen LogP contribution in [0.5, 0.6) is 5.75 Å². The number of carbonyl (C=O) groups excluding carboxylic acids is 1. The summed E-state index contributed by atoms with van der Waals surface area (Å²) in [6.45, 7) is 0.195. The molecule has 4 heteroatoms. The largest absolute Gasteiger partial charge is 0.460 e. The molecule has 0 fully saturated rings. The average molecular weight is 383 g/mol. The Morgan fingerprint density at radius 3 is 2.14 bits per heavy atom. The van der Waals surface area contributed by atoms with Crippen molar-refractivity contribution >= 4 is 22.2 Å². The zero-order chi connectivity index (χ0) is 20.1. The van der Waals surface area contributed by atoms with Crippen LogP contribution in [-0.4, -0.2) is 17.4 Å². The summed E-state index contributed by atoms with van der Waals surface area (Å²) in [5.74, 6) is 0.603. The van der Waals surface area contributed by atoms with Gasteiger partial charge in [-0.2, -0.15) is 0 Å². The molecule has 2 N–H and O–H groups in total. The molecule has 0 amide bonds. The first kappa shape index (κ1) is 18.7. The zero-order valence-corrected chi connectivity index (χ0v) is 15.8. The van der Waals surface area contributed by atoms with Crippen LogP contribution in [0.2, 0.25) is 0 Å². The van der Waals surface area contributed by atoms with Crippen LogP contribution in [0, 0.1) is 0 Å². The van der Waals surface area contributed by atoms with E-state index >= 15 is 0 Å². The Morgan fingerprint density at radius 2 is 1.41 bits per heavy atom. The van der Waals surface area contributed by atoms with E-state index in [2.05, 4.69) is 5.32 Å². The predicted molar refractivity (Wildman–Crippen MR) is 115 cm³/mol. The van der Waals surface area contributed by atoms with Gasteiger partial charge in [0.15, 0.2) is 5.78 Å². The molecule has 1 atom stereocenters. The van der Waals surface area contributed by atoms with Crippen molar-refractivity contribution in [2.45, 2.75) is 6.29 Å². The van der Waals surface area contributed by atoms with Crippen LogP contribution in [0.15, 0.2) is 97.1 Å². The lowest BCUT2D eigenvalue weighted by Gasteiger charge is -2.17. The van der Waals surface area contributed by atoms with Gasteiger partial charge in [-0.3, -0.25) is 4.79 Å². The van der Waals surface area contributed by atoms with Crippen molar-refractivity contribution in [1.29, 1.82) is 0 Å². The number of ketones is 1. The van der Waals surface area contributed by atoms with Crippen molar-refractivity contribution in [3.8, 4) is 5.75 Å². The topological polar surface area (TPSA) is 58.6 Å². The van der Waals surface area contributed by atoms with Gasteiger partial charge in [0.2, 0.25) is 6.29 Å². The Labute approximate surface area is 169 Å². The molecule has 0 aliphatic carbocycles. The molecule has 0 saturated carbocycles. The monoisotopic (exact) mass is 383 g/mol. The Kier molecular flexibility index (Phi) is 5.54. The maximum atomic E-state index is 12.4. The fourth-order valence-electron chi connectivity index (χ4n) is 3.24. The number of anilines is 1. The van der Waals surface area contributed by atoms with E-state index in [0.717, 1.165) is 16.5 Å². The van der Waals surface area contributed by atoms with E-state index in [1.807, 2.05) is 97.1 Å². The van der Waals surface area contributed by atoms with Gasteiger partial charge in [-0.15, -0.1) is 0 Å². The number of fused-ring (bicyclic) bond motifs is 1. The van der Waals surface area contributed by atoms with Crippen LogP contribution >= 0.6 is 0 Å². The smallest absolute Gasteiger partial charge is 0.224 e. The van der Waals surface area contributed by atoms with Gasteiger partial charge in [-0.25, -0.2) is 0 Å². The maximum absolute atomic E-state index is 12.4. The first-order valence-corrected chi connectivity index (χ1v) is 9.46. The summed E-state index contributed by atoms with van der Waals surface area (Å²) in [5.41, 5.74) is 2.20. The number of hydrogen-bond acceptors (Lipinski definition) is 4. The van der Waals surface area contributed by atoms with Crippen LogP contribution < -0.4 is 10.1 Å². The third-order valence-electron chi connectivity index (χ3n) is 4.74. The Balaban J connectivity index is 1.56. The summed E-state index contributed by atoms with van der Waals surface area (Å²) in [5, 5.41) is 15.4. The van der Waals surface area contributed by atoms with Crippen LogP contribution in [-0.2, 0) is 0 Å². The molecule has 4 aromatic carbocycles. The van der Waals surface area contributed by atoms with Gasteiger partial charge in [0.1, 0.15) is 5.75 Å². The van der Waals surface area contributed by atoms with Crippen LogP contribution in [0.3, 0.4) is 0 Å². The highest BCUT2D eigenvalue weighted by Crippen LogP contribution is 2.33. The fraction of sp³-hybridized carbons (Fsp3) is 0.0800. The molecule has 144 valence electrons. The molecular weight excluding hydrogens is 362 g/mol. The number of aliphatic hydroxyl groups excluding tert-OH is 1. The van der Waals surface area contributed by atoms with Crippen molar-refractivity contribution in [2.75, 3.05) is 11.9 Å². The van der Waals surface area contributed by atoms with Gasteiger partial charge >= 0.3 is 0 Å². The van der Waals surface area contributed by atoms with Gasteiger partial charge < -0.3 is 15.2 Å². The summed E-state index contributed by atoms with van der Waals surface area (Å²) in [6.07, 6.45) is -1.06. The number of aliphatic hydroxyl groups is 1. The van der Waals surface area contributed by atoms with Crippen molar-refractivity contribution in [3.05, 3.63) is 108 Å². The van der Waals surface area contributed by atoms with E-state index in [4.69, 9.17) is 4.74 Å². The second kappa shape index (κ2) is 8.59. The molecule has 1 unspecified atom stereocenters. The number of Topliss-reactive ketones (excluding diaryl/α,β-unsaturated/α-hetero) is 1. The third kappa shape index (κ3) is 4.28. The van der Waals surface area contributed by atoms with Crippen LogP contribution in [0.25, 0.3) is 10.8 Å². The minimum absolute atomic E-state index is 0.0227. The first-order chi connectivity index (χ1) is 14.2. The lowest BCUT2D eigenvalue weighted by Crippen LogP contribution is -2.14. The van der Waals surface area contributed by atoms with Crippen molar-refractivity contribution < 1.29 is 14.6 Å². The van der Waals surface area contributed by atoms with Crippen molar-refractivity contribution in [3.63, 3.8) is 0 Å². The number of ether oxygens (including phenoxy) is 1. The van der Waals surface area contributed by atoms with Gasteiger partial charge in [0.25, 0.3) is 0 Å². The van der Waals surface area contributed by atoms with Gasteiger partial charge in [0.05, 0.1) is 6.54 Å². The zero-order valence-electron chi connectivity index (χ0n) is 15.8. The van der Waals surface area contributed by atoms with E-state index in [-0.39, 0.29) is 12.3 Å². The standard InChI is InChI=1S/C25H21NO3/c27-23(18-9-3-1-4-10-18)17-26-22-15-16-24(21-14-8-7-13-20(21)22)29-25(28)19-11-5-2-6-12-19/h1-16,25-26,28H,17H2. The lowest BCUT2D eigenvalue weighted by atomic mass is 10.1. The summed E-state index contributed by atoms with van der Waals surface area (Å²) < 4.78 is 5.82. The summed E-state index contributed by atoms with van der Waals surface area (Å²) in [6, 6.07) is 29.9. The van der Waals surface area contributed by atoms with Gasteiger partial charge in [-0.1, -0.05) is 84.9 Å². The Bertz CT molecular complexity index is 1110. The number of benzene rings is 4. The number of nitrogens with one attached hydrogen (secondary N) is 1. The maximum Gasteiger partial charge on any atom is 0.224 e. The third-order valence-corrected chi connectivity index (χ3v) is 4.74. The van der Waals surface area contributed by atoms with E-state index in [9.17, 15) is 9.90 Å². The highest BCUT2D eigenvalue weighted by Gasteiger charge is 2.13. The quantitative estimate of drug-likeness (QED) is 0.340. The molecule has 0 spiro atoms. The average Bonchev–Trinajstić information content (AvgIpc) is 2.79. The van der Waals surface area contributed by atoms with E-state index in [0.29, 0.717) is 16.9 Å². The summed E-state index contributed by atoms with van der Waals surface area (Å²) >= 11 is 0. The second-order valence-corrected chi connectivity index (χ2v) is 6.68. The molecule has 0 bridgehead atoms. The highest BCUT2D eigenvalue weighted by atomic mass is 16.6. The predicted octanol–water partition coefficient (Wildman–Crippen LogP) is 5.20. The molecule has 4 nitrogen and oxygen atoms in total. The van der Waals surface area contributed by atoms with E-state index in [1.54, 1.807) is 0 Å². The molecule has 0 radical (unpaired) electrons. The lowest BCUT2D eigenvalue weighted by molar-refractivity contribution is -0.0182. The minimum Gasteiger partial charge on any atom is -0.460 e. The first-order valence-electron chi connectivity index (χ1n) is 9.46. The SMILES string of the molecule is O=C(CNc1ccc(OC(O)c2ccccc2)c2ccccc12)c1ccccc1. The number of hydrogen-bond donors (Lipinski definition) is 2. The molecule has 4 rings (SSSR count). The molecule has 0 heterocycles. The molecular formula is C25H21NO3. The number of rotatable bonds is 7. The number of carbonyl (C=O) groups is 1. The van der Waals surface area contributed by atoms with Crippen molar-refractivity contribution in [1.82, 2.24) is 0 Å². The van der Waals surface area contributed by atoms with E-state index in [1.165, 1.54) is 0 Å². The summed E-state index contributed by atoms with van der Waals surface area (Å²) in [4.78, 5) is 12.4. The molecule has 0 aliphatic rings. The van der Waals surface area contributed by atoms with Gasteiger partial charge in [0, 0.05) is 27.6 Å².